The summed E-state index contributed by atoms with van der Waals surface area (Å²) in [6.07, 6.45) is 4.67. The summed E-state index contributed by atoms with van der Waals surface area (Å²) < 4.78 is 17.2. The third-order valence-corrected chi connectivity index (χ3v) is 8.96. The van der Waals surface area contributed by atoms with E-state index in [0.717, 1.165) is 76.2 Å². The first-order valence-corrected chi connectivity index (χ1v) is 17.0. The second-order valence-electron chi connectivity index (χ2n) is 13.6. The fourth-order valence-corrected chi connectivity index (χ4v) is 6.70. The van der Waals surface area contributed by atoms with Gasteiger partial charge in [0.2, 0.25) is 5.91 Å². The molecule has 2 amide bonds. The smallest absolute Gasteiger partial charge is 0.410 e. The third-order valence-electron chi connectivity index (χ3n) is 8.96. The van der Waals surface area contributed by atoms with Crippen molar-refractivity contribution in [3.8, 4) is 39.4 Å². The van der Waals surface area contributed by atoms with Crippen LogP contribution in [0.15, 0.2) is 79.4 Å². The van der Waals surface area contributed by atoms with E-state index >= 15 is 0 Å². The molecular weight excluding hydrogens is 614 g/mol. The average molecular weight is 660 g/mol. The summed E-state index contributed by atoms with van der Waals surface area (Å²) in [7, 11) is 1.67. The van der Waals surface area contributed by atoms with Crippen LogP contribution in [0.5, 0.6) is 5.75 Å². The number of carbonyl (C=O) groups excluding carboxylic acids is 2. The maximum atomic E-state index is 12.8. The lowest BCUT2D eigenvalue weighted by Crippen LogP contribution is -2.39. The van der Waals surface area contributed by atoms with E-state index in [2.05, 4.69) is 48.3 Å². The number of hydrogen-bond donors (Lipinski definition) is 1. The quantitative estimate of drug-likeness (QED) is 0.139. The molecule has 0 fully saturated rings. The first-order chi connectivity index (χ1) is 23.6. The van der Waals surface area contributed by atoms with Crippen molar-refractivity contribution >= 4 is 12.0 Å². The van der Waals surface area contributed by atoms with Crippen molar-refractivity contribution in [3.63, 3.8) is 0 Å². The first kappa shape index (κ1) is 33.9. The maximum Gasteiger partial charge on any atom is 0.410 e. The molecule has 1 aliphatic carbocycles. The van der Waals surface area contributed by atoms with Crippen molar-refractivity contribution in [2.45, 2.75) is 65.1 Å². The Morgan fingerprint density at radius 3 is 2.51 bits per heavy atom. The molecule has 8 nitrogen and oxygen atoms in total. The maximum absolute atomic E-state index is 12.8. The van der Waals surface area contributed by atoms with E-state index in [4.69, 9.17) is 19.2 Å². The van der Waals surface area contributed by atoms with Crippen molar-refractivity contribution < 1.29 is 23.8 Å². The summed E-state index contributed by atoms with van der Waals surface area (Å²) in [5, 5.41) is 2.90. The van der Waals surface area contributed by atoms with Crippen molar-refractivity contribution in [2.75, 3.05) is 26.9 Å². The Balaban J connectivity index is 1.45. The Bertz CT molecular complexity index is 1880. The van der Waals surface area contributed by atoms with Crippen LogP contribution in [0.25, 0.3) is 33.6 Å². The minimum absolute atomic E-state index is 0.215. The number of amides is 2. The molecule has 3 aromatic carbocycles. The monoisotopic (exact) mass is 659 g/mol. The van der Waals surface area contributed by atoms with Crippen LogP contribution >= 0.6 is 0 Å². The average Bonchev–Trinajstić information content (AvgIpc) is 3.59. The molecule has 0 bridgehead atoms. The van der Waals surface area contributed by atoms with Crippen molar-refractivity contribution in [3.05, 3.63) is 107 Å². The highest BCUT2D eigenvalue weighted by Crippen LogP contribution is 2.46. The van der Waals surface area contributed by atoms with Crippen molar-refractivity contribution in [1.29, 1.82) is 0 Å². The second-order valence-corrected chi connectivity index (χ2v) is 13.6. The van der Waals surface area contributed by atoms with Crippen molar-refractivity contribution in [2.24, 2.45) is 0 Å². The van der Waals surface area contributed by atoms with Crippen LogP contribution in [0, 0.1) is 0 Å². The molecule has 0 saturated heterocycles. The largest absolute Gasteiger partial charge is 0.491 e. The molecule has 1 aromatic heterocycles. The van der Waals surface area contributed by atoms with Gasteiger partial charge in [-0.25, -0.2) is 9.78 Å². The van der Waals surface area contributed by atoms with Gasteiger partial charge in [0.25, 0.3) is 0 Å². The van der Waals surface area contributed by atoms with Gasteiger partial charge < -0.3 is 24.4 Å². The summed E-state index contributed by atoms with van der Waals surface area (Å²) in [4.78, 5) is 32.1. The molecule has 8 heteroatoms. The van der Waals surface area contributed by atoms with E-state index in [1.165, 1.54) is 22.8 Å². The highest BCUT2D eigenvalue weighted by atomic mass is 16.6. The van der Waals surface area contributed by atoms with Gasteiger partial charge in [0, 0.05) is 49.0 Å². The van der Waals surface area contributed by atoms with Gasteiger partial charge in [0.05, 0.1) is 18.0 Å². The fourth-order valence-electron chi connectivity index (χ4n) is 6.70. The summed E-state index contributed by atoms with van der Waals surface area (Å²) in [5.74, 6) is 0.579. The Morgan fingerprint density at radius 1 is 0.918 bits per heavy atom. The number of rotatable bonds is 10. The van der Waals surface area contributed by atoms with Crippen molar-refractivity contribution in [1.82, 2.24) is 15.2 Å². The number of fused-ring (bicyclic) bond motifs is 2. The molecule has 1 aliphatic heterocycles. The van der Waals surface area contributed by atoms with E-state index in [9.17, 15) is 9.59 Å². The molecule has 2 heterocycles. The van der Waals surface area contributed by atoms with Gasteiger partial charge in [-0.2, -0.15) is 0 Å². The lowest BCUT2D eigenvalue weighted by molar-refractivity contribution is -0.116. The molecule has 0 atom stereocenters. The zero-order valence-corrected chi connectivity index (χ0v) is 28.9. The molecule has 2 aliphatic rings. The summed E-state index contributed by atoms with van der Waals surface area (Å²) in [6.45, 7) is 11.7. The standard InChI is InChI=1S/C41H45N3O5/c1-6-36(45)42-25-27-11-9-12-29(23-27)39-37(34-13-7-8-16-35(34)48-22-21-47-5)32-14-10-15-33(32)38(43-39)30-17-18-31-26-44(20-19-28(31)24-30)40(46)49-41(2,3)4/h6-9,11-13,16-18,23-24H,1,10,14-15,19-22,25-26H2,2-5H3,(H,42,45). The number of nitrogens with one attached hydrogen (secondary N) is 1. The third kappa shape index (κ3) is 7.70. The predicted molar refractivity (Wildman–Crippen MR) is 192 cm³/mol. The van der Waals surface area contributed by atoms with E-state index < -0.39 is 5.60 Å². The SMILES string of the molecule is C=CC(=O)NCc1cccc(-c2nc(-c3ccc4c(c3)CCN(C(=O)OC(C)(C)C)C4)c3c(c2-c2ccccc2OCCOC)CCC3)c1. The van der Waals surface area contributed by atoms with Crippen LogP contribution in [0.1, 0.15) is 55.0 Å². The Hall–Kier alpha value is -4.95. The molecule has 0 saturated carbocycles. The molecule has 254 valence electrons. The molecule has 0 spiro atoms. The number of hydrogen-bond acceptors (Lipinski definition) is 6. The van der Waals surface area contributed by atoms with Crippen LogP contribution in [0.3, 0.4) is 0 Å². The zero-order valence-electron chi connectivity index (χ0n) is 28.9. The second kappa shape index (κ2) is 14.7. The Kier molecular flexibility index (Phi) is 10.2. The Labute approximate surface area is 289 Å². The number of ether oxygens (including phenoxy) is 3. The number of aromatic nitrogens is 1. The van der Waals surface area contributed by atoms with Gasteiger partial charge in [-0.05, 0) is 98.5 Å². The van der Waals surface area contributed by atoms with Crippen LogP contribution in [-0.2, 0) is 46.6 Å². The molecular formula is C41H45N3O5. The number of benzene rings is 3. The lowest BCUT2D eigenvalue weighted by atomic mass is 9.88. The Morgan fingerprint density at radius 2 is 1.71 bits per heavy atom. The lowest BCUT2D eigenvalue weighted by Gasteiger charge is -2.31. The van der Waals surface area contributed by atoms with Gasteiger partial charge in [-0.15, -0.1) is 0 Å². The fraction of sp³-hybridized carbons (Fsp3) is 0.341. The number of nitrogens with zero attached hydrogens (tertiary/aromatic N) is 2. The van der Waals surface area contributed by atoms with Gasteiger partial charge in [-0.1, -0.05) is 55.1 Å². The highest BCUT2D eigenvalue weighted by Gasteiger charge is 2.29. The van der Waals surface area contributed by atoms with Gasteiger partial charge in [0.15, 0.2) is 0 Å². The molecule has 6 rings (SSSR count). The highest BCUT2D eigenvalue weighted by molar-refractivity contribution is 5.90. The molecule has 49 heavy (non-hydrogen) atoms. The van der Waals surface area contributed by atoms with Crippen LogP contribution in [-0.4, -0.2) is 54.4 Å². The van der Waals surface area contributed by atoms with Gasteiger partial charge >= 0.3 is 6.09 Å². The van der Waals surface area contributed by atoms with E-state index in [0.29, 0.717) is 32.8 Å². The first-order valence-electron chi connectivity index (χ1n) is 17.0. The topological polar surface area (TPSA) is 90.0 Å². The summed E-state index contributed by atoms with van der Waals surface area (Å²) in [5.41, 5.74) is 11.4. The van der Waals surface area contributed by atoms with E-state index in [-0.39, 0.29) is 12.0 Å². The van der Waals surface area contributed by atoms with Crippen LogP contribution in [0.4, 0.5) is 4.79 Å². The minimum atomic E-state index is -0.535. The van der Waals surface area contributed by atoms with Crippen LogP contribution in [0.2, 0.25) is 0 Å². The number of carbonyl (C=O) groups is 2. The molecule has 0 radical (unpaired) electrons. The van der Waals surface area contributed by atoms with E-state index in [1.54, 1.807) is 12.0 Å². The van der Waals surface area contributed by atoms with Crippen LogP contribution < -0.4 is 10.1 Å². The molecule has 4 aromatic rings. The van der Waals surface area contributed by atoms with E-state index in [1.807, 2.05) is 51.1 Å². The predicted octanol–water partition coefficient (Wildman–Crippen LogP) is 7.69. The zero-order chi connectivity index (χ0) is 34.5. The summed E-state index contributed by atoms with van der Waals surface area (Å²) >= 11 is 0. The number of pyridine rings is 1. The minimum Gasteiger partial charge on any atom is -0.491 e. The number of methoxy groups -OCH3 is 1. The number of para-hydroxylation sites is 1. The molecule has 0 unspecified atom stereocenters. The van der Waals surface area contributed by atoms with Gasteiger partial charge in [-0.3, -0.25) is 4.79 Å². The molecule has 1 N–H and O–H groups in total. The normalized spacial score (nSPS) is 13.8. The summed E-state index contributed by atoms with van der Waals surface area (Å²) in [6, 6.07) is 22.9. The van der Waals surface area contributed by atoms with Gasteiger partial charge in [0.1, 0.15) is 18.0 Å².